The Bertz CT molecular complexity index is 1170. The fourth-order valence-corrected chi connectivity index (χ4v) is 3.23. The molecule has 0 radical (unpaired) electrons. The molecule has 0 saturated heterocycles. The minimum Gasteiger partial charge on any atom is -0.506 e. The highest BCUT2D eigenvalue weighted by atomic mass is 35.5. The molecule has 0 spiro atoms. The summed E-state index contributed by atoms with van der Waals surface area (Å²) in [4.78, 5) is 0. The van der Waals surface area contributed by atoms with Crippen molar-refractivity contribution in [1.82, 2.24) is 10.2 Å². The van der Waals surface area contributed by atoms with Crippen LogP contribution in [-0.4, -0.2) is 15.3 Å². The van der Waals surface area contributed by atoms with E-state index in [0.717, 1.165) is 6.07 Å². The molecule has 4 rings (SSSR count). The highest BCUT2D eigenvalue weighted by Gasteiger charge is 2.33. The number of benzene rings is 2. The molecule has 0 fully saturated rings. The maximum atomic E-state index is 12.8. The molecule has 0 aliphatic heterocycles. The van der Waals surface area contributed by atoms with Gasteiger partial charge in [0.05, 0.1) is 16.1 Å². The summed E-state index contributed by atoms with van der Waals surface area (Å²) in [6, 6.07) is 10.2. The lowest BCUT2D eigenvalue weighted by atomic mass is 10.1. The minimum atomic E-state index is -4.56. The Morgan fingerprint density at radius 2 is 1.74 bits per heavy atom. The number of hydrogen-bond donors (Lipinski definition) is 2. The predicted octanol–water partition coefficient (Wildman–Crippen LogP) is 6.52. The molecule has 138 valence electrons. The van der Waals surface area contributed by atoms with Crippen molar-refractivity contribution < 1.29 is 22.7 Å². The van der Waals surface area contributed by atoms with Crippen LogP contribution in [0.15, 0.2) is 46.9 Å². The van der Waals surface area contributed by atoms with E-state index in [0.29, 0.717) is 32.3 Å². The van der Waals surface area contributed by atoms with Crippen molar-refractivity contribution in [2.24, 2.45) is 0 Å². The van der Waals surface area contributed by atoms with E-state index in [1.807, 2.05) is 5.10 Å². The number of nitrogens with zero attached hydrogens (tertiary/aromatic N) is 1. The van der Waals surface area contributed by atoms with Gasteiger partial charge in [0.2, 0.25) is 0 Å². The number of phenolic OH excluding ortho intramolecular Hbond substituents is 1. The lowest BCUT2D eigenvalue weighted by Crippen LogP contribution is -2.04. The van der Waals surface area contributed by atoms with Crippen molar-refractivity contribution in [2.45, 2.75) is 6.18 Å². The van der Waals surface area contributed by atoms with Crippen LogP contribution in [0.4, 0.5) is 13.2 Å². The summed E-state index contributed by atoms with van der Waals surface area (Å²) in [5.74, 6) is 0.143. The lowest BCUT2D eigenvalue weighted by molar-refractivity contribution is -0.141. The van der Waals surface area contributed by atoms with Crippen molar-refractivity contribution >= 4 is 34.2 Å². The highest BCUT2D eigenvalue weighted by molar-refractivity contribution is 6.36. The average molecular weight is 413 g/mol. The van der Waals surface area contributed by atoms with Gasteiger partial charge in [-0.3, -0.25) is 5.10 Å². The molecule has 0 unspecified atom stereocenters. The number of aromatic amines is 1. The molecule has 4 nitrogen and oxygen atoms in total. The molecule has 2 aromatic heterocycles. The summed E-state index contributed by atoms with van der Waals surface area (Å²) < 4.78 is 44.0. The van der Waals surface area contributed by atoms with Crippen LogP contribution in [0.2, 0.25) is 10.0 Å². The van der Waals surface area contributed by atoms with Crippen LogP contribution in [0, 0.1) is 0 Å². The Hall–Kier alpha value is -2.64. The van der Waals surface area contributed by atoms with E-state index in [1.54, 1.807) is 30.3 Å². The van der Waals surface area contributed by atoms with E-state index in [4.69, 9.17) is 27.6 Å². The number of aromatic hydroxyl groups is 1. The van der Waals surface area contributed by atoms with Crippen molar-refractivity contribution in [3.63, 3.8) is 0 Å². The third kappa shape index (κ3) is 3.13. The molecule has 4 aromatic rings. The number of aromatic nitrogens is 2. The second kappa shape index (κ2) is 6.21. The second-order valence-corrected chi connectivity index (χ2v) is 6.62. The average Bonchev–Trinajstić information content (AvgIpc) is 3.22. The van der Waals surface area contributed by atoms with Gasteiger partial charge in [0.15, 0.2) is 0 Å². The molecule has 0 bridgehead atoms. The molecule has 0 aliphatic carbocycles. The van der Waals surface area contributed by atoms with Crippen LogP contribution in [0.1, 0.15) is 5.69 Å². The zero-order chi connectivity index (χ0) is 19.3. The Balaban J connectivity index is 1.82. The van der Waals surface area contributed by atoms with E-state index in [1.165, 1.54) is 6.07 Å². The van der Waals surface area contributed by atoms with E-state index >= 15 is 0 Å². The maximum absolute atomic E-state index is 12.8. The summed E-state index contributed by atoms with van der Waals surface area (Å²) in [7, 11) is 0. The Kier molecular flexibility index (Phi) is 4.09. The van der Waals surface area contributed by atoms with Gasteiger partial charge in [0.25, 0.3) is 0 Å². The number of nitrogens with one attached hydrogen (secondary N) is 1. The van der Waals surface area contributed by atoms with Gasteiger partial charge < -0.3 is 9.52 Å². The van der Waals surface area contributed by atoms with Gasteiger partial charge >= 0.3 is 6.18 Å². The Labute approximate surface area is 160 Å². The largest absolute Gasteiger partial charge is 0.506 e. The van der Waals surface area contributed by atoms with Crippen LogP contribution in [0.3, 0.4) is 0 Å². The molecular formula is C18H9Cl2F3N2O2. The van der Waals surface area contributed by atoms with E-state index in [9.17, 15) is 18.3 Å². The van der Waals surface area contributed by atoms with Gasteiger partial charge in [-0.05, 0) is 42.5 Å². The topological polar surface area (TPSA) is 62.0 Å². The van der Waals surface area contributed by atoms with Crippen molar-refractivity contribution in [3.8, 4) is 28.3 Å². The van der Waals surface area contributed by atoms with Crippen LogP contribution in [0.25, 0.3) is 33.6 Å². The van der Waals surface area contributed by atoms with E-state index in [-0.39, 0.29) is 17.0 Å². The number of H-pyrrole nitrogens is 1. The first-order valence-corrected chi connectivity index (χ1v) is 8.33. The molecule has 0 aliphatic rings. The normalized spacial score (nSPS) is 12.0. The fourth-order valence-electron chi connectivity index (χ4n) is 2.73. The smallest absolute Gasteiger partial charge is 0.432 e. The Morgan fingerprint density at radius 1 is 1.00 bits per heavy atom. The molecule has 0 saturated carbocycles. The Morgan fingerprint density at radius 3 is 2.41 bits per heavy atom. The fraction of sp³-hybridized carbons (Fsp3) is 0.0556. The number of furan rings is 1. The molecule has 2 aromatic carbocycles. The molecule has 9 heteroatoms. The van der Waals surface area contributed by atoms with Gasteiger partial charge in [-0.25, -0.2) is 0 Å². The van der Waals surface area contributed by atoms with Gasteiger partial charge in [-0.15, -0.1) is 0 Å². The molecular weight excluding hydrogens is 404 g/mol. The minimum absolute atomic E-state index is 0.0333. The van der Waals surface area contributed by atoms with E-state index < -0.39 is 11.9 Å². The van der Waals surface area contributed by atoms with Crippen LogP contribution < -0.4 is 0 Å². The first kappa shape index (κ1) is 17.8. The van der Waals surface area contributed by atoms with Gasteiger partial charge in [-0.2, -0.15) is 18.3 Å². The molecule has 2 N–H and O–H groups in total. The van der Waals surface area contributed by atoms with Crippen LogP contribution in [-0.2, 0) is 6.18 Å². The number of fused-ring (bicyclic) bond motifs is 1. The van der Waals surface area contributed by atoms with E-state index in [2.05, 4.69) is 5.10 Å². The zero-order valence-electron chi connectivity index (χ0n) is 13.2. The van der Waals surface area contributed by atoms with Crippen LogP contribution >= 0.6 is 23.2 Å². The van der Waals surface area contributed by atoms with Crippen LogP contribution in [0.5, 0.6) is 5.75 Å². The standard InChI is InChI=1S/C18H9Cl2F3N2O2/c19-8-1-2-9(12(20)5-8)15-6-11-14(27-15)4-3-10(17(11)26)13-7-16(25-24-13)18(21,22)23/h1-7,26H,(H,24,25). The first-order chi connectivity index (χ1) is 12.7. The monoisotopic (exact) mass is 412 g/mol. The summed E-state index contributed by atoms with van der Waals surface area (Å²) in [6.07, 6.45) is -4.56. The number of hydrogen-bond acceptors (Lipinski definition) is 3. The molecule has 27 heavy (non-hydrogen) atoms. The third-order valence-corrected chi connectivity index (χ3v) is 4.58. The molecule has 0 amide bonds. The second-order valence-electron chi connectivity index (χ2n) is 5.77. The van der Waals surface area contributed by atoms with Crippen molar-refractivity contribution in [3.05, 3.63) is 58.2 Å². The summed E-state index contributed by atoms with van der Waals surface area (Å²) in [6.45, 7) is 0. The molecule has 0 atom stereocenters. The SMILES string of the molecule is Oc1c(-c2cc(C(F)(F)F)[nH]n2)ccc2oc(-c3ccc(Cl)cc3Cl)cc12. The highest BCUT2D eigenvalue weighted by Crippen LogP contribution is 2.41. The predicted molar refractivity (Wildman–Crippen MR) is 95.9 cm³/mol. The van der Waals surface area contributed by atoms with Crippen molar-refractivity contribution in [2.75, 3.05) is 0 Å². The summed E-state index contributed by atoms with van der Waals surface area (Å²) >= 11 is 12.1. The van der Waals surface area contributed by atoms with Gasteiger partial charge in [0, 0.05) is 16.1 Å². The first-order valence-electron chi connectivity index (χ1n) is 7.58. The number of halogens is 5. The van der Waals surface area contributed by atoms with Gasteiger partial charge in [-0.1, -0.05) is 23.2 Å². The maximum Gasteiger partial charge on any atom is 0.432 e. The lowest BCUT2D eigenvalue weighted by Gasteiger charge is -2.02. The van der Waals surface area contributed by atoms with Crippen molar-refractivity contribution in [1.29, 1.82) is 0 Å². The van der Waals surface area contributed by atoms with Gasteiger partial charge in [0.1, 0.15) is 22.8 Å². The zero-order valence-corrected chi connectivity index (χ0v) is 14.7. The number of phenols is 1. The third-order valence-electron chi connectivity index (χ3n) is 4.03. The summed E-state index contributed by atoms with van der Waals surface area (Å²) in [5.41, 5.74) is 0.0248. The number of rotatable bonds is 2. The summed E-state index contributed by atoms with van der Waals surface area (Å²) in [5, 5.41) is 17.3. The molecule has 2 heterocycles. The quantitative estimate of drug-likeness (QED) is 0.393. The number of alkyl halides is 3.